The number of nitrogens with two attached hydrogens (primary N) is 1. The van der Waals surface area contributed by atoms with Crippen molar-refractivity contribution in [3.05, 3.63) is 23.3 Å². The van der Waals surface area contributed by atoms with Gasteiger partial charge in [-0.3, -0.25) is 4.79 Å². The average molecular weight is 332 g/mol. The normalized spacial score (nSPS) is 25.9. The smallest absolute Gasteiger partial charge is 0.341 e. The molecule has 1 amide bonds. The van der Waals surface area contributed by atoms with Crippen molar-refractivity contribution in [2.75, 3.05) is 19.1 Å². The molecule has 1 aromatic carbocycles. The first-order valence-corrected chi connectivity index (χ1v) is 8.26. The summed E-state index contributed by atoms with van der Waals surface area (Å²) in [5, 5.41) is 0. The second kappa shape index (κ2) is 6.09. The van der Waals surface area contributed by atoms with Gasteiger partial charge in [-0.25, -0.2) is 4.79 Å². The van der Waals surface area contributed by atoms with Gasteiger partial charge in [0.2, 0.25) is 5.91 Å². The molecule has 3 atom stereocenters. The minimum absolute atomic E-state index is 0.0141. The fourth-order valence-electron chi connectivity index (χ4n) is 3.85. The van der Waals surface area contributed by atoms with Gasteiger partial charge in [0.25, 0.3) is 0 Å². The maximum absolute atomic E-state index is 12.4. The first-order valence-electron chi connectivity index (χ1n) is 8.26. The molecule has 0 bridgehead atoms. The molecule has 1 aliphatic heterocycles. The number of carbonyl (C=O) groups excluding carboxylic acids is 2. The number of nitrogens with zero attached hydrogens (tertiary/aromatic N) is 1. The lowest BCUT2D eigenvalue weighted by Gasteiger charge is -2.44. The molecule has 1 aromatic rings. The van der Waals surface area contributed by atoms with E-state index in [1.54, 1.807) is 19.1 Å². The minimum Gasteiger partial charge on any atom is -0.496 e. The summed E-state index contributed by atoms with van der Waals surface area (Å²) in [5.74, 6) is 0.512. The monoisotopic (exact) mass is 332 g/mol. The lowest BCUT2D eigenvalue weighted by molar-refractivity contribution is -0.117. The summed E-state index contributed by atoms with van der Waals surface area (Å²) in [5.41, 5.74) is 8.34. The van der Waals surface area contributed by atoms with Crippen LogP contribution in [0.1, 0.15) is 48.7 Å². The van der Waals surface area contributed by atoms with Crippen molar-refractivity contribution < 1.29 is 19.1 Å². The molecule has 0 aromatic heterocycles. The van der Waals surface area contributed by atoms with E-state index in [1.165, 1.54) is 14.2 Å². The third kappa shape index (κ3) is 2.55. The predicted molar refractivity (Wildman–Crippen MR) is 90.1 cm³/mol. The quantitative estimate of drug-likeness (QED) is 0.859. The number of fused-ring (bicyclic) bond motifs is 1. The molecule has 6 nitrogen and oxygen atoms in total. The lowest BCUT2D eigenvalue weighted by Crippen LogP contribution is -2.51. The van der Waals surface area contributed by atoms with Gasteiger partial charge in [0, 0.05) is 25.1 Å². The van der Waals surface area contributed by atoms with Crippen molar-refractivity contribution in [1.29, 1.82) is 0 Å². The topological polar surface area (TPSA) is 81.9 Å². The highest BCUT2D eigenvalue weighted by Gasteiger charge is 2.47. The molecular weight excluding hydrogens is 308 g/mol. The van der Waals surface area contributed by atoms with E-state index in [2.05, 4.69) is 6.92 Å². The molecule has 0 saturated heterocycles. The Bertz CT molecular complexity index is 684. The number of ether oxygens (including phenoxy) is 2. The van der Waals surface area contributed by atoms with Gasteiger partial charge in [0.05, 0.1) is 19.9 Å². The van der Waals surface area contributed by atoms with Gasteiger partial charge in [-0.05, 0) is 36.3 Å². The number of amides is 1. The van der Waals surface area contributed by atoms with Crippen molar-refractivity contribution in [3.63, 3.8) is 0 Å². The molecule has 1 aliphatic carbocycles. The fraction of sp³-hybridized carbons (Fsp3) is 0.556. The SMILES string of the molecule is COC(=O)c1cc2c(cc1OC)N(C(C)=O)C(C1CC1)[C@H](C)[C@H]2N. The molecule has 1 fully saturated rings. The fourth-order valence-corrected chi connectivity index (χ4v) is 3.85. The van der Waals surface area contributed by atoms with Crippen molar-refractivity contribution in [3.8, 4) is 5.75 Å². The summed E-state index contributed by atoms with van der Waals surface area (Å²) >= 11 is 0. The molecule has 2 aliphatic rings. The Morgan fingerprint density at radius 3 is 2.42 bits per heavy atom. The van der Waals surface area contributed by atoms with Crippen LogP contribution in [0.5, 0.6) is 5.75 Å². The van der Waals surface area contributed by atoms with E-state index in [0.717, 1.165) is 24.1 Å². The molecule has 24 heavy (non-hydrogen) atoms. The number of methoxy groups -OCH3 is 2. The highest BCUT2D eigenvalue weighted by molar-refractivity contribution is 5.98. The molecule has 130 valence electrons. The molecule has 1 heterocycles. The minimum atomic E-state index is -0.479. The number of anilines is 1. The van der Waals surface area contributed by atoms with Crippen LogP contribution in [0.4, 0.5) is 5.69 Å². The number of rotatable bonds is 3. The average Bonchev–Trinajstić information content (AvgIpc) is 3.40. The Balaban J connectivity index is 2.18. The van der Waals surface area contributed by atoms with Crippen LogP contribution < -0.4 is 15.4 Å². The van der Waals surface area contributed by atoms with Gasteiger partial charge in [-0.1, -0.05) is 6.92 Å². The van der Waals surface area contributed by atoms with Crippen LogP contribution in [-0.2, 0) is 9.53 Å². The van der Waals surface area contributed by atoms with Gasteiger partial charge >= 0.3 is 5.97 Å². The zero-order valence-electron chi connectivity index (χ0n) is 14.5. The Hall–Kier alpha value is -2.08. The molecule has 1 saturated carbocycles. The van der Waals surface area contributed by atoms with Crippen LogP contribution in [0.2, 0.25) is 0 Å². The van der Waals surface area contributed by atoms with Crippen molar-refractivity contribution in [2.45, 2.75) is 38.8 Å². The van der Waals surface area contributed by atoms with Crippen LogP contribution in [-0.4, -0.2) is 32.1 Å². The van der Waals surface area contributed by atoms with Crippen molar-refractivity contribution >= 4 is 17.6 Å². The molecule has 2 N–H and O–H groups in total. The van der Waals surface area contributed by atoms with Crippen LogP contribution in [0, 0.1) is 11.8 Å². The third-order valence-corrected chi connectivity index (χ3v) is 5.22. The highest BCUT2D eigenvalue weighted by atomic mass is 16.5. The first kappa shape index (κ1) is 16.8. The van der Waals surface area contributed by atoms with Gasteiger partial charge in [-0.2, -0.15) is 0 Å². The molecule has 6 heteroatoms. The molecular formula is C18H24N2O4. The first-order chi connectivity index (χ1) is 11.4. The summed E-state index contributed by atoms with van der Waals surface area (Å²) in [6, 6.07) is 3.30. The second-order valence-corrected chi connectivity index (χ2v) is 6.70. The molecule has 1 unspecified atom stereocenters. The van der Waals surface area contributed by atoms with Gasteiger partial charge < -0.3 is 20.1 Å². The molecule has 0 radical (unpaired) electrons. The third-order valence-electron chi connectivity index (χ3n) is 5.22. The van der Waals surface area contributed by atoms with Crippen LogP contribution in [0.25, 0.3) is 0 Å². The number of esters is 1. The van der Waals surface area contributed by atoms with E-state index in [-0.39, 0.29) is 23.9 Å². The van der Waals surface area contributed by atoms with E-state index >= 15 is 0 Å². The maximum atomic E-state index is 12.4. The van der Waals surface area contributed by atoms with Gasteiger partial charge in [0.1, 0.15) is 11.3 Å². The Morgan fingerprint density at radius 2 is 1.92 bits per heavy atom. The Morgan fingerprint density at radius 1 is 1.25 bits per heavy atom. The molecule has 3 rings (SSSR count). The number of hydrogen-bond donors (Lipinski definition) is 1. The summed E-state index contributed by atoms with van der Waals surface area (Å²) in [4.78, 5) is 26.3. The number of benzene rings is 1. The number of hydrogen-bond acceptors (Lipinski definition) is 5. The van der Waals surface area contributed by atoms with Crippen LogP contribution in [0.3, 0.4) is 0 Å². The van der Waals surface area contributed by atoms with Gasteiger partial charge in [-0.15, -0.1) is 0 Å². The second-order valence-electron chi connectivity index (χ2n) is 6.70. The summed E-state index contributed by atoms with van der Waals surface area (Å²) < 4.78 is 10.2. The van der Waals surface area contributed by atoms with Crippen molar-refractivity contribution in [2.24, 2.45) is 17.6 Å². The van der Waals surface area contributed by atoms with Gasteiger partial charge in [0.15, 0.2) is 0 Å². The highest BCUT2D eigenvalue weighted by Crippen LogP contribution is 2.49. The molecule has 0 spiro atoms. The Kier molecular flexibility index (Phi) is 4.25. The standard InChI is InChI=1S/C18H24N2O4/c1-9-16(19)12-7-13(18(22)24-4)15(23-3)8-14(12)20(10(2)21)17(9)11-5-6-11/h7-9,11,16-17H,5-6,19H2,1-4H3/t9-,16-,17?/m1/s1. The zero-order valence-corrected chi connectivity index (χ0v) is 14.5. The number of carbonyl (C=O) groups is 2. The Labute approximate surface area is 141 Å². The van der Waals surface area contributed by atoms with Crippen molar-refractivity contribution in [1.82, 2.24) is 0 Å². The van der Waals surface area contributed by atoms with E-state index in [9.17, 15) is 9.59 Å². The van der Waals surface area contributed by atoms with E-state index in [1.807, 2.05) is 4.90 Å². The summed E-state index contributed by atoms with van der Waals surface area (Å²) in [7, 11) is 2.82. The zero-order chi connectivity index (χ0) is 17.6. The lowest BCUT2D eigenvalue weighted by atomic mass is 9.80. The van der Waals surface area contributed by atoms with Crippen LogP contribution in [0.15, 0.2) is 12.1 Å². The van der Waals surface area contributed by atoms with E-state index in [4.69, 9.17) is 15.2 Å². The van der Waals surface area contributed by atoms with Crippen LogP contribution >= 0.6 is 0 Å². The predicted octanol–water partition coefficient (Wildman–Crippen LogP) is 2.26. The van der Waals surface area contributed by atoms with E-state index in [0.29, 0.717) is 17.2 Å². The largest absolute Gasteiger partial charge is 0.496 e. The van der Waals surface area contributed by atoms with E-state index < -0.39 is 5.97 Å². The summed E-state index contributed by atoms with van der Waals surface area (Å²) in [6.45, 7) is 3.65. The maximum Gasteiger partial charge on any atom is 0.341 e. The summed E-state index contributed by atoms with van der Waals surface area (Å²) in [6.07, 6.45) is 2.25.